The van der Waals surface area contributed by atoms with Crippen molar-refractivity contribution in [2.24, 2.45) is 0 Å². The fourth-order valence-corrected chi connectivity index (χ4v) is 2.49. The van der Waals surface area contributed by atoms with Crippen LogP contribution in [-0.2, 0) is 14.3 Å². The van der Waals surface area contributed by atoms with Crippen molar-refractivity contribution in [1.82, 2.24) is 4.98 Å². The van der Waals surface area contributed by atoms with Gasteiger partial charge in [0.2, 0.25) is 5.91 Å². The monoisotopic (exact) mass is 368 g/mol. The lowest BCUT2D eigenvalue weighted by Gasteiger charge is -2.05. The lowest BCUT2D eigenvalue weighted by molar-refractivity contribution is -0.122. The molecule has 27 heavy (non-hydrogen) atoms. The number of ether oxygens (including phenoxy) is 1. The summed E-state index contributed by atoms with van der Waals surface area (Å²) in [6, 6.07) is 12.6. The second kappa shape index (κ2) is 11.6. The number of pyridine rings is 1. The molecule has 2 aromatic rings. The predicted octanol–water partition coefficient (Wildman–Crippen LogP) is 3.79. The van der Waals surface area contributed by atoms with Crippen molar-refractivity contribution in [1.29, 1.82) is 0 Å². The zero-order valence-electron chi connectivity index (χ0n) is 15.2. The van der Waals surface area contributed by atoms with E-state index >= 15 is 0 Å². The molecular formula is C21H24N2O4. The Kier molecular flexibility index (Phi) is 8.69. The Balaban J connectivity index is 1.49. The van der Waals surface area contributed by atoms with Crippen LogP contribution in [0.25, 0.3) is 0 Å². The lowest BCUT2D eigenvalue weighted by Crippen LogP contribution is -2.14. The molecule has 1 heterocycles. The number of anilines is 1. The number of nitrogens with one attached hydrogen (secondary N) is 1. The minimum Gasteiger partial charge on any atom is -0.454 e. The van der Waals surface area contributed by atoms with Crippen LogP contribution < -0.4 is 5.32 Å². The molecule has 0 aliphatic rings. The highest BCUT2D eigenvalue weighted by Crippen LogP contribution is 2.09. The molecule has 0 unspecified atom stereocenters. The minimum absolute atomic E-state index is 0.000379. The summed E-state index contributed by atoms with van der Waals surface area (Å²) < 4.78 is 4.97. The summed E-state index contributed by atoms with van der Waals surface area (Å²) in [5.74, 6) is -0.644. The van der Waals surface area contributed by atoms with Gasteiger partial charge in [0.25, 0.3) is 0 Å². The highest BCUT2D eigenvalue weighted by Gasteiger charge is 2.10. The number of esters is 1. The van der Waals surface area contributed by atoms with E-state index in [-0.39, 0.29) is 18.3 Å². The van der Waals surface area contributed by atoms with Gasteiger partial charge in [-0.2, -0.15) is 0 Å². The van der Waals surface area contributed by atoms with Crippen LogP contribution in [0.1, 0.15) is 48.9 Å². The maximum absolute atomic E-state index is 11.8. The Morgan fingerprint density at radius 2 is 1.63 bits per heavy atom. The third-order valence-electron chi connectivity index (χ3n) is 3.93. The van der Waals surface area contributed by atoms with Crippen LogP contribution in [-0.4, -0.2) is 29.3 Å². The summed E-state index contributed by atoms with van der Waals surface area (Å²) in [7, 11) is 0. The van der Waals surface area contributed by atoms with Crippen LogP contribution >= 0.6 is 0 Å². The predicted molar refractivity (Wildman–Crippen MR) is 102 cm³/mol. The molecule has 6 nitrogen and oxygen atoms in total. The van der Waals surface area contributed by atoms with Gasteiger partial charge in [-0.05, 0) is 37.1 Å². The van der Waals surface area contributed by atoms with Gasteiger partial charge < -0.3 is 10.1 Å². The fraction of sp³-hybridized carbons (Fsp3) is 0.333. The zero-order chi connectivity index (χ0) is 19.3. The third kappa shape index (κ3) is 8.27. The summed E-state index contributed by atoms with van der Waals surface area (Å²) in [5.41, 5.74) is 1.13. The van der Waals surface area contributed by atoms with E-state index in [0.29, 0.717) is 18.4 Å². The van der Waals surface area contributed by atoms with E-state index in [0.717, 1.165) is 31.4 Å². The Bertz CT molecular complexity index is 732. The average molecular weight is 368 g/mol. The number of benzene rings is 1. The van der Waals surface area contributed by atoms with E-state index in [1.807, 2.05) is 30.3 Å². The van der Waals surface area contributed by atoms with E-state index in [1.54, 1.807) is 18.3 Å². The highest BCUT2D eigenvalue weighted by atomic mass is 16.5. The van der Waals surface area contributed by atoms with Crippen molar-refractivity contribution in [3.63, 3.8) is 0 Å². The first kappa shape index (κ1) is 20.3. The van der Waals surface area contributed by atoms with Gasteiger partial charge >= 0.3 is 5.97 Å². The van der Waals surface area contributed by atoms with Gasteiger partial charge in [-0.1, -0.05) is 31.0 Å². The number of aromatic nitrogens is 1. The van der Waals surface area contributed by atoms with E-state index in [1.165, 1.54) is 6.20 Å². The first-order chi connectivity index (χ1) is 13.1. The molecular weight excluding hydrogens is 344 g/mol. The molecule has 0 atom stereocenters. The standard InChI is InChI=1S/C21H24N2O4/c24-19(16-27-21(26)17-9-8-14-22-15-17)12-6-1-2-7-13-20(25)23-18-10-4-3-5-11-18/h3-5,8-11,14-15H,1-2,6-7,12-13,16H2,(H,23,25). The van der Waals surface area contributed by atoms with Crippen molar-refractivity contribution in [3.8, 4) is 0 Å². The van der Waals surface area contributed by atoms with Crippen LogP contribution in [0, 0.1) is 0 Å². The Morgan fingerprint density at radius 1 is 0.889 bits per heavy atom. The van der Waals surface area contributed by atoms with Crippen LogP contribution in [0.15, 0.2) is 54.9 Å². The van der Waals surface area contributed by atoms with E-state index in [4.69, 9.17) is 4.74 Å². The maximum Gasteiger partial charge on any atom is 0.340 e. The minimum atomic E-state index is -0.541. The molecule has 0 fully saturated rings. The van der Waals surface area contributed by atoms with Gasteiger partial charge in [0.15, 0.2) is 5.78 Å². The van der Waals surface area contributed by atoms with Crippen molar-refractivity contribution in [2.45, 2.75) is 38.5 Å². The van der Waals surface area contributed by atoms with Crippen LogP contribution in [0.3, 0.4) is 0 Å². The first-order valence-electron chi connectivity index (χ1n) is 9.09. The second-order valence-electron chi connectivity index (χ2n) is 6.18. The Hall–Kier alpha value is -3.02. The summed E-state index contributed by atoms with van der Waals surface area (Å²) in [6.07, 6.45) is 7.05. The molecule has 0 radical (unpaired) electrons. The maximum atomic E-state index is 11.8. The molecule has 0 saturated heterocycles. The molecule has 0 aliphatic carbocycles. The number of carbonyl (C=O) groups excluding carboxylic acids is 3. The van der Waals surface area contributed by atoms with Gasteiger partial charge in [0.1, 0.15) is 6.61 Å². The molecule has 1 aromatic heterocycles. The number of nitrogens with zero attached hydrogens (tertiary/aromatic N) is 1. The summed E-state index contributed by atoms with van der Waals surface area (Å²) in [4.78, 5) is 39.1. The largest absolute Gasteiger partial charge is 0.454 e. The molecule has 2 rings (SSSR count). The molecule has 1 N–H and O–H groups in total. The quantitative estimate of drug-likeness (QED) is 0.482. The van der Waals surface area contributed by atoms with Gasteiger partial charge in [0, 0.05) is 30.9 Å². The van der Waals surface area contributed by atoms with Crippen molar-refractivity contribution in [3.05, 3.63) is 60.4 Å². The molecule has 0 aliphatic heterocycles. The van der Waals surface area contributed by atoms with Crippen molar-refractivity contribution >= 4 is 23.3 Å². The number of para-hydroxylation sites is 1. The summed E-state index contributed by atoms with van der Waals surface area (Å²) >= 11 is 0. The number of unbranched alkanes of at least 4 members (excludes halogenated alkanes) is 3. The van der Waals surface area contributed by atoms with Gasteiger partial charge in [-0.25, -0.2) is 4.79 Å². The normalized spacial score (nSPS) is 10.2. The molecule has 0 spiro atoms. The zero-order valence-corrected chi connectivity index (χ0v) is 15.2. The molecule has 1 amide bonds. The molecule has 142 valence electrons. The first-order valence-corrected chi connectivity index (χ1v) is 9.09. The van der Waals surface area contributed by atoms with Gasteiger partial charge in [-0.3, -0.25) is 14.6 Å². The molecule has 6 heteroatoms. The summed E-state index contributed by atoms with van der Waals surface area (Å²) in [6.45, 7) is -0.215. The van der Waals surface area contributed by atoms with Gasteiger partial charge in [-0.15, -0.1) is 0 Å². The third-order valence-corrected chi connectivity index (χ3v) is 3.93. The average Bonchev–Trinajstić information content (AvgIpc) is 2.70. The number of hydrogen-bond acceptors (Lipinski definition) is 5. The highest BCUT2D eigenvalue weighted by molar-refractivity contribution is 5.91. The topological polar surface area (TPSA) is 85.4 Å². The fourth-order valence-electron chi connectivity index (χ4n) is 2.49. The smallest absolute Gasteiger partial charge is 0.340 e. The van der Waals surface area contributed by atoms with Crippen molar-refractivity contribution in [2.75, 3.05) is 11.9 Å². The number of amides is 1. The number of rotatable bonds is 11. The number of carbonyl (C=O) groups is 3. The van der Waals surface area contributed by atoms with Crippen LogP contribution in [0.4, 0.5) is 5.69 Å². The Morgan fingerprint density at radius 3 is 2.33 bits per heavy atom. The van der Waals surface area contributed by atoms with Gasteiger partial charge in [0.05, 0.1) is 5.56 Å². The molecule has 0 bridgehead atoms. The summed E-state index contributed by atoms with van der Waals surface area (Å²) in [5, 5.41) is 2.85. The Labute approximate surface area is 159 Å². The van der Waals surface area contributed by atoms with Crippen LogP contribution in [0.5, 0.6) is 0 Å². The molecule has 0 saturated carbocycles. The van der Waals surface area contributed by atoms with E-state index < -0.39 is 5.97 Å². The lowest BCUT2D eigenvalue weighted by atomic mass is 10.1. The van der Waals surface area contributed by atoms with E-state index in [9.17, 15) is 14.4 Å². The van der Waals surface area contributed by atoms with Crippen LogP contribution in [0.2, 0.25) is 0 Å². The number of hydrogen-bond donors (Lipinski definition) is 1. The number of ketones is 1. The second-order valence-corrected chi connectivity index (χ2v) is 6.18. The molecule has 1 aromatic carbocycles. The van der Waals surface area contributed by atoms with E-state index in [2.05, 4.69) is 10.3 Å². The van der Waals surface area contributed by atoms with Crippen molar-refractivity contribution < 1.29 is 19.1 Å². The number of Topliss-reactive ketones (excluding diaryl/α,β-unsaturated/α-hetero) is 1. The SMILES string of the molecule is O=C(CCCCCCC(=O)Nc1ccccc1)COC(=O)c1cccnc1.